The lowest BCUT2D eigenvalue weighted by Crippen LogP contribution is -2.13. The van der Waals surface area contributed by atoms with E-state index in [0.717, 1.165) is 6.08 Å². The van der Waals surface area contributed by atoms with Crippen LogP contribution in [0.1, 0.15) is 18.4 Å². The Balaban J connectivity index is 3.08. The topological polar surface area (TPSA) is 107 Å². The molecule has 1 rings (SSSR count). The molecule has 0 aliphatic rings. The number of ether oxygens (including phenoxy) is 1. The van der Waals surface area contributed by atoms with Crippen LogP contribution in [-0.4, -0.2) is 35.5 Å². The molecule has 0 aliphatic heterocycles. The van der Waals surface area contributed by atoms with Crippen molar-refractivity contribution >= 4 is 23.5 Å². The van der Waals surface area contributed by atoms with Crippen molar-refractivity contribution in [2.24, 2.45) is 0 Å². The van der Waals surface area contributed by atoms with Crippen molar-refractivity contribution in [2.75, 3.05) is 13.7 Å². The third kappa shape index (κ3) is 4.81. The van der Waals surface area contributed by atoms with E-state index in [9.17, 15) is 19.7 Å². The first-order chi connectivity index (χ1) is 9.97. The fraction of sp³-hybridized carbons (Fsp3) is 0.286. The summed E-state index contributed by atoms with van der Waals surface area (Å²) in [6.07, 6.45) is 1.43. The molecule has 1 aromatic carbocycles. The molecule has 0 saturated carbocycles. The summed E-state index contributed by atoms with van der Waals surface area (Å²) in [5.74, 6) is -1.99. The van der Waals surface area contributed by atoms with Crippen LogP contribution in [0, 0.1) is 10.1 Å². The van der Waals surface area contributed by atoms with Gasteiger partial charge in [-0.15, -0.1) is 0 Å². The number of nitrogens with zero attached hydrogens (tertiary/aromatic N) is 1. The van der Waals surface area contributed by atoms with Crippen LogP contribution in [-0.2, 0) is 14.3 Å². The van der Waals surface area contributed by atoms with Gasteiger partial charge in [-0.05, 0) is 18.6 Å². The lowest BCUT2D eigenvalue weighted by Gasteiger charge is -2.03. The zero-order chi connectivity index (χ0) is 15.8. The average molecular weight is 293 g/mol. The molecule has 0 saturated heterocycles. The predicted octanol–water partition coefficient (Wildman–Crippen LogP) is 2.06. The van der Waals surface area contributed by atoms with Gasteiger partial charge in [-0.1, -0.05) is 12.1 Å². The predicted molar refractivity (Wildman–Crippen MR) is 74.8 cm³/mol. The van der Waals surface area contributed by atoms with Gasteiger partial charge in [0.2, 0.25) is 0 Å². The quantitative estimate of drug-likeness (QED) is 0.196. The number of hydrogen-bond donors (Lipinski definition) is 1. The van der Waals surface area contributed by atoms with E-state index in [2.05, 4.69) is 0 Å². The molecule has 0 aromatic heterocycles. The number of carbonyl (C=O) groups is 2. The maximum absolute atomic E-state index is 11.9. The van der Waals surface area contributed by atoms with Crippen LogP contribution in [0.25, 0.3) is 6.08 Å². The van der Waals surface area contributed by atoms with Crippen LogP contribution in [0.5, 0.6) is 0 Å². The van der Waals surface area contributed by atoms with E-state index in [0.29, 0.717) is 13.0 Å². The number of ketones is 1. The molecule has 0 radical (unpaired) electrons. The third-order valence-electron chi connectivity index (χ3n) is 2.72. The average Bonchev–Trinajstić information content (AvgIpc) is 2.44. The molecule has 0 fully saturated rings. The number of hydrogen-bond acceptors (Lipinski definition) is 5. The summed E-state index contributed by atoms with van der Waals surface area (Å²) in [5, 5.41) is 20.0. The smallest absolute Gasteiger partial charge is 0.339 e. The Kier molecular flexibility index (Phi) is 6.22. The summed E-state index contributed by atoms with van der Waals surface area (Å²) < 4.78 is 4.79. The molecule has 0 spiro atoms. The van der Waals surface area contributed by atoms with Crippen molar-refractivity contribution in [1.82, 2.24) is 0 Å². The molecule has 112 valence electrons. The Morgan fingerprint density at radius 3 is 2.62 bits per heavy atom. The zero-order valence-corrected chi connectivity index (χ0v) is 11.4. The van der Waals surface area contributed by atoms with Crippen LogP contribution in [0.15, 0.2) is 29.8 Å². The minimum Gasteiger partial charge on any atom is -0.478 e. The van der Waals surface area contributed by atoms with Crippen molar-refractivity contribution in [2.45, 2.75) is 12.8 Å². The second-order valence-electron chi connectivity index (χ2n) is 4.20. The van der Waals surface area contributed by atoms with E-state index in [1.165, 1.54) is 31.4 Å². The van der Waals surface area contributed by atoms with Gasteiger partial charge >= 0.3 is 5.97 Å². The molecule has 1 N–H and O–H groups in total. The minimum atomic E-state index is -1.41. The number of carboxylic acid groups (broad SMARTS) is 1. The van der Waals surface area contributed by atoms with Crippen LogP contribution >= 0.6 is 0 Å². The Morgan fingerprint density at radius 2 is 2.05 bits per heavy atom. The normalized spacial score (nSPS) is 11.2. The van der Waals surface area contributed by atoms with E-state index in [4.69, 9.17) is 9.84 Å². The van der Waals surface area contributed by atoms with Gasteiger partial charge in [0.25, 0.3) is 5.69 Å². The van der Waals surface area contributed by atoms with Gasteiger partial charge < -0.3 is 9.84 Å². The number of para-hydroxylation sites is 1. The Labute approximate surface area is 121 Å². The Bertz CT molecular complexity index is 579. The number of nitro benzene ring substituents is 1. The maximum Gasteiger partial charge on any atom is 0.339 e. The number of carbonyl (C=O) groups excluding carboxylic acids is 1. The zero-order valence-electron chi connectivity index (χ0n) is 11.4. The van der Waals surface area contributed by atoms with Crippen molar-refractivity contribution in [1.29, 1.82) is 0 Å². The van der Waals surface area contributed by atoms with E-state index in [1.54, 1.807) is 0 Å². The largest absolute Gasteiger partial charge is 0.478 e. The van der Waals surface area contributed by atoms with Crippen molar-refractivity contribution < 1.29 is 24.4 Å². The summed E-state index contributed by atoms with van der Waals surface area (Å²) in [6, 6.07) is 5.65. The van der Waals surface area contributed by atoms with E-state index in [1.807, 2.05) is 0 Å². The number of nitro groups is 1. The standard InChI is InChI=1S/C14H15NO6/c1-21-8-4-7-13(16)11(14(17)18)9-10-5-2-3-6-12(10)15(19)20/h2-3,5-6,9H,4,7-8H2,1H3,(H,17,18). The van der Waals surface area contributed by atoms with Crippen LogP contribution < -0.4 is 0 Å². The molecule has 0 atom stereocenters. The van der Waals surface area contributed by atoms with E-state index in [-0.39, 0.29) is 17.7 Å². The van der Waals surface area contributed by atoms with Crippen molar-refractivity contribution in [3.63, 3.8) is 0 Å². The van der Waals surface area contributed by atoms with Gasteiger partial charge in [0.1, 0.15) is 5.57 Å². The Morgan fingerprint density at radius 1 is 1.38 bits per heavy atom. The van der Waals surface area contributed by atoms with Crippen LogP contribution in [0.4, 0.5) is 5.69 Å². The summed E-state index contributed by atoms with van der Waals surface area (Å²) in [7, 11) is 1.48. The molecule has 7 nitrogen and oxygen atoms in total. The minimum absolute atomic E-state index is 0.00655. The summed E-state index contributed by atoms with van der Waals surface area (Å²) >= 11 is 0. The fourth-order valence-corrected chi connectivity index (χ4v) is 1.70. The number of benzene rings is 1. The summed E-state index contributed by atoms with van der Waals surface area (Å²) in [5.41, 5.74) is -0.638. The lowest BCUT2D eigenvalue weighted by atomic mass is 10.0. The molecular formula is C14H15NO6. The molecule has 7 heteroatoms. The monoisotopic (exact) mass is 293 g/mol. The second-order valence-corrected chi connectivity index (χ2v) is 4.20. The van der Waals surface area contributed by atoms with Gasteiger partial charge in [-0.3, -0.25) is 14.9 Å². The number of methoxy groups -OCH3 is 1. The molecule has 0 heterocycles. The van der Waals surface area contributed by atoms with Gasteiger partial charge in [-0.2, -0.15) is 0 Å². The Hall–Kier alpha value is -2.54. The maximum atomic E-state index is 11.9. The van der Waals surface area contributed by atoms with Gasteiger partial charge in [0.15, 0.2) is 5.78 Å². The number of rotatable bonds is 8. The van der Waals surface area contributed by atoms with Crippen LogP contribution in [0.3, 0.4) is 0 Å². The van der Waals surface area contributed by atoms with Crippen molar-refractivity contribution in [3.8, 4) is 0 Å². The third-order valence-corrected chi connectivity index (χ3v) is 2.72. The van der Waals surface area contributed by atoms with Crippen LogP contribution in [0.2, 0.25) is 0 Å². The molecule has 0 unspecified atom stereocenters. The molecule has 0 amide bonds. The molecule has 0 bridgehead atoms. The number of carboxylic acids is 1. The number of Topliss-reactive ketones (excluding diaryl/α,β-unsaturated/α-hetero) is 1. The number of aliphatic carboxylic acids is 1. The first kappa shape index (κ1) is 16.5. The summed E-state index contributed by atoms with van der Waals surface area (Å²) in [4.78, 5) is 33.3. The van der Waals surface area contributed by atoms with E-state index < -0.39 is 22.2 Å². The molecule has 0 aliphatic carbocycles. The lowest BCUT2D eigenvalue weighted by molar-refractivity contribution is -0.385. The highest BCUT2D eigenvalue weighted by molar-refractivity contribution is 6.20. The first-order valence-electron chi connectivity index (χ1n) is 6.18. The van der Waals surface area contributed by atoms with Crippen molar-refractivity contribution in [3.05, 3.63) is 45.5 Å². The second kappa shape index (κ2) is 7.91. The van der Waals surface area contributed by atoms with Gasteiger partial charge in [0.05, 0.1) is 10.5 Å². The first-order valence-corrected chi connectivity index (χ1v) is 6.18. The summed E-state index contributed by atoms with van der Waals surface area (Å²) in [6.45, 7) is 0.337. The fourth-order valence-electron chi connectivity index (χ4n) is 1.70. The van der Waals surface area contributed by atoms with E-state index >= 15 is 0 Å². The highest BCUT2D eigenvalue weighted by Gasteiger charge is 2.19. The van der Waals surface area contributed by atoms with Gasteiger partial charge in [-0.25, -0.2) is 4.79 Å². The SMILES string of the molecule is COCCCC(=O)C(=Cc1ccccc1[N+](=O)[O-])C(=O)O. The molecule has 1 aromatic rings. The highest BCUT2D eigenvalue weighted by Crippen LogP contribution is 2.21. The highest BCUT2D eigenvalue weighted by atomic mass is 16.6. The molecule has 21 heavy (non-hydrogen) atoms. The van der Waals surface area contributed by atoms with Gasteiger partial charge in [0, 0.05) is 26.2 Å². The molecular weight excluding hydrogens is 278 g/mol.